The Hall–Kier alpha value is -2.38. The highest BCUT2D eigenvalue weighted by atomic mass is 32.2. The number of aryl methyl sites for hydroxylation is 1. The number of rotatable bonds is 7. The highest BCUT2D eigenvalue weighted by molar-refractivity contribution is 7.98. The van der Waals surface area contributed by atoms with Gasteiger partial charge in [-0.25, -0.2) is 13.5 Å². The Morgan fingerprint density at radius 2 is 2.03 bits per heavy atom. The minimum atomic E-state index is -2.52. The molecular formula is C22H33N5OS. The molecule has 1 fully saturated rings. The van der Waals surface area contributed by atoms with Crippen molar-refractivity contribution < 1.29 is 4.21 Å². The zero-order valence-electron chi connectivity index (χ0n) is 17.7. The monoisotopic (exact) mass is 415 g/mol. The molecule has 29 heavy (non-hydrogen) atoms. The van der Waals surface area contributed by atoms with E-state index in [4.69, 9.17) is 0 Å². The molecule has 1 saturated heterocycles. The third kappa shape index (κ3) is 6.05. The second-order valence-electron chi connectivity index (χ2n) is 7.21. The first-order valence-corrected chi connectivity index (χ1v) is 11.5. The summed E-state index contributed by atoms with van der Waals surface area (Å²) in [5.74, 6) is 4.61. The summed E-state index contributed by atoms with van der Waals surface area (Å²) in [6, 6.07) is 7.85. The molecule has 0 radical (unpaired) electrons. The highest BCUT2D eigenvalue weighted by Crippen LogP contribution is 2.21. The average Bonchev–Trinajstić information content (AvgIpc) is 2.71. The van der Waals surface area contributed by atoms with Crippen LogP contribution in [0.25, 0.3) is 0 Å². The lowest BCUT2D eigenvalue weighted by Crippen LogP contribution is -2.49. The number of aliphatic imine (C=N–C) groups is 2. The first kappa shape index (κ1) is 22.9. The molecule has 0 bridgehead atoms. The fourth-order valence-corrected chi connectivity index (χ4v) is 4.97. The number of hydrogen-bond donors (Lipinski definition) is 2. The Bertz CT molecular complexity index is 871. The van der Waals surface area contributed by atoms with Gasteiger partial charge in [-0.2, -0.15) is 0 Å². The van der Waals surface area contributed by atoms with Gasteiger partial charge in [0.15, 0.2) is 0 Å². The second kappa shape index (κ2) is 10.4. The summed E-state index contributed by atoms with van der Waals surface area (Å²) in [7, 11) is -0.818. The Labute approximate surface area is 175 Å². The fourth-order valence-electron chi connectivity index (χ4n) is 3.26. The molecule has 6 nitrogen and oxygen atoms in total. The van der Waals surface area contributed by atoms with Crippen LogP contribution in [0.1, 0.15) is 25.3 Å². The lowest BCUT2D eigenvalue weighted by molar-refractivity contribution is 0.313. The van der Waals surface area contributed by atoms with Gasteiger partial charge < -0.3 is 10.6 Å². The molecule has 1 aromatic carbocycles. The van der Waals surface area contributed by atoms with Crippen LogP contribution < -0.4 is 10.6 Å². The predicted octanol–water partition coefficient (Wildman–Crippen LogP) is 2.77. The summed E-state index contributed by atoms with van der Waals surface area (Å²) < 4.78 is 15.4. The van der Waals surface area contributed by atoms with E-state index in [9.17, 15) is 4.21 Å². The van der Waals surface area contributed by atoms with E-state index in [1.807, 2.05) is 42.4 Å². The summed E-state index contributed by atoms with van der Waals surface area (Å²) in [5, 5.41) is 6.50. The van der Waals surface area contributed by atoms with Gasteiger partial charge in [0.1, 0.15) is 0 Å². The van der Waals surface area contributed by atoms with E-state index >= 15 is 0 Å². The molecule has 1 aromatic rings. The predicted molar refractivity (Wildman–Crippen MR) is 126 cm³/mol. The number of nitrogens with one attached hydrogen (secondary N) is 2. The van der Waals surface area contributed by atoms with E-state index in [1.165, 1.54) is 0 Å². The minimum absolute atomic E-state index is 0.0217. The molecule has 1 heterocycles. The van der Waals surface area contributed by atoms with E-state index in [0.717, 1.165) is 35.6 Å². The molecular weight excluding hydrogens is 382 g/mol. The van der Waals surface area contributed by atoms with Crippen LogP contribution in [0.5, 0.6) is 0 Å². The van der Waals surface area contributed by atoms with Crippen LogP contribution in [0.4, 0.5) is 0 Å². The maximum atomic E-state index is 13.4. The zero-order valence-corrected chi connectivity index (χ0v) is 18.5. The van der Waals surface area contributed by atoms with Crippen molar-refractivity contribution in [2.24, 2.45) is 9.98 Å². The quantitative estimate of drug-likeness (QED) is 0.409. The van der Waals surface area contributed by atoms with Gasteiger partial charge >= 0.3 is 0 Å². The van der Waals surface area contributed by atoms with Gasteiger partial charge in [-0.1, -0.05) is 30.9 Å². The third-order valence-corrected chi connectivity index (χ3v) is 7.17. The first-order chi connectivity index (χ1) is 13.8. The van der Waals surface area contributed by atoms with Crippen molar-refractivity contribution in [3.8, 4) is 0 Å². The maximum Gasteiger partial charge on any atom is 0.218 e. The molecule has 3 unspecified atom stereocenters. The molecule has 0 aliphatic carbocycles. The van der Waals surface area contributed by atoms with Crippen molar-refractivity contribution in [2.75, 3.05) is 20.1 Å². The Morgan fingerprint density at radius 3 is 2.62 bits per heavy atom. The van der Waals surface area contributed by atoms with E-state index < -0.39 is 9.71 Å². The van der Waals surface area contributed by atoms with Crippen molar-refractivity contribution in [3.63, 3.8) is 0 Å². The minimum Gasteiger partial charge on any atom is -0.383 e. The zero-order chi connectivity index (χ0) is 21.4. The molecule has 2 rings (SSSR count). The van der Waals surface area contributed by atoms with Crippen molar-refractivity contribution in [1.82, 2.24) is 14.9 Å². The summed E-state index contributed by atoms with van der Waals surface area (Å²) in [6.07, 6.45) is 5.23. The molecule has 7 heteroatoms. The Morgan fingerprint density at radius 1 is 1.34 bits per heavy atom. The standard InChI is InChI=1S/C22H33N5OS/c1-7-21(18(4)24-8-2)26-22(23-5)25-19-10-9-15-27(16-19)29(6,28)20-13-11-17(3)12-14-20/h7-8,11-14,18-19,24H,1-2,6,9-10,15-16H2,3-5H3,(H,23,25)/b26-21+. The summed E-state index contributed by atoms with van der Waals surface area (Å²) in [5.41, 5.74) is 1.91. The lowest BCUT2D eigenvalue weighted by atomic mass is 10.1. The van der Waals surface area contributed by atoms with E-state index in [-0.39, 0.29) is 12.1 Å². The van der Waals surface area contributed by atoms with Crippen molar-refractivity contribution in [1.29, 1.82) is 0 Å². The van der Waals surface area contributed by atoms with Crippen LogP contribution >= 0.6 is 0 Å². The largest absolute Gasteiger partial charge is 0.383 e. The van der Waals surface area contributed by atoms with Gasteiger partial charge in [0, 0.05) is 31.1 Å². The first-order valence-electron chi connectivity index (χ1n) is 9.82. The Balaban J connectivity index is 2.12. The van der Waals surface area contributed by atoms with E-state index in [2.05, 4.69) is 39.6 Å². The molecule has 158 valence electrons. The molecule has 0 spiro atoms. The average molecular weight is 416 g/mol. The fraction of sp³-hybridized carbons (Fsp3) is 0.409. The lowest BCUT2D eigenvalue weighted by Gasteiger charge is -2.35. The number of nitrogens with zero attached hydrogens (tertiary/aromatic N) is 3. The molecule has 3 atom stereocenters. The van der Waals surface area contributed by atoms with Gasteiger partial charge in [0.05, 0.1) is 21.5 Å². The smallest absolute Gasteiger partial charge is 0.218 e. The summed E-state index contributed by atoms with van der Waals surface area (Å²) in [4.78, 5) is 9.65. The van der Waals surface area contributed by atoms with Crippen molar-refractivity contribution >= 4 is 27.2 Å². The summed E-state index contributed by atoms with van der Waals surface area (Å²) >= 11 is 0. The van der Waals surface area contributed by atoms with Gasteiger partial charge in [0.25, 0.3) is 0 Å². The second-order valence-corrected chi connectivity index (χ2v) is 9.47. The van der Waals surface area contributed by atoms with Crippen molar-refractivity contribution in [3.05, 3.63) is 55.3 Å². The van der Waals surface area contributed by atoms with Crippen LogP contribution in [-0.4, -0.2) is 58.3 Å². The van der Waals surface area contributed by atoms with Crippen LogP contribution in [0.2, 0.25) is 0 Å². The molecule has 1 aliphatic rings. The molecule has 0 aromatic heterocycles. The van der Waals surface area contributed by atoms with Gasteiger partial charge in [-0.3, -0.25) is 4.99 Å². The highest BCUT2D eigenvalue weighted by Gasteiger charge is 2.27. The van der Waals surface area contributed by atoms with Crippen LogP contribution in [0.3, 0.4) is 0 Å². The number of benzene rings is 1. The summed E-state index contributed by atoms with van der Waals surface area (Å²) in [6.45, 7) is 12.9. The van der Waals surface area contributed by atoms with E-state index in [1.54, 1.807) is 19.3 Å². The third-order valence-electron chi connectivity index (χ3n) is 4.99. The molecule has 0 saturated carbocycles. The van der Waals surface area contributed by atoms with Gasteiger partial charge in [0.2, 0.25) is 5.96 Å². The molecule has 1 aliphatic heterocycles. The number of hydrogen-bond acceptors (Lipinski definition) is 3. The van der Waals surface area contributed by atoms with Crippen LogP contribution in [-0.2, 0) is 9.71 Å². The van der Waals surface area contributed by atoms with E-state index in [0.29, 0.717) is 12.5 Å². The molecule has 0 amide bonds. The van der Waals surface area contributed by atoms with Gasteiger partial charge in [-0.05, 0) is 57.0 Å². The van der Waals surface area contributed by atoms with Crippen molar-refractivity contribution in [2.45, 2.75) is 43.7 Å². The SMILES string of the molecule is C=CNC(C)/C(C=C)=N/C(=NC)NC1CCCN(S(=C)(=O)c2ccc(C)cc2)C1. The molecule has 2 N–H and O–H groups in total. The number of piperidine rings is 1. The normalized spacial score (nSPS) is 21.7. The van der Waals surface area contributed by atoms with Crippen LogP contribution in [0, 0.1) is 6.92 Å². The van der Waals surface area contributed by atoms with Crippen LogP contribution in [0.15, 0.2) is 64.6 Å². The Kier molecular flexibility index (Phi) is 8.22. The van der Waals surface area contributed by atoms with Gasteiger partial charge in [-0.15, -0.1) is 0 Å². The topological polar surface area (TPSA) is 69.1 Å². The maximum absolute atomic E-state index is 13.4. The number of guanidine groups is 1.